The highest BCUT2D eigenvalue weighted by Gasteiger charge is 2.32. The predicted octanol–water partition coefficient (Wildman–Crippen LogP) is 2.37. The molecule has 1 aliphatic heterocycles. The number of nitrogens with one attached hydrogen (secondary N) is 2. The third-order valence-corrected chi connectivity index (χ3v) is 3.75. The Kier molecular flexibility index (Phi) is 3.78. The molecule has 2 N–H and O–H groups in total. The average molecular weight is 295 g/mol. The fourth-order valence-corrected chi connectivity index (χ4v) is 2.78. The molecule has 0 radical (unpaired) electrons. The molecule has 3 rings (SSSR count). The molecule has 2 aromatic carbocycles. The lowest BCUT2D eigenvalue weighted by Gasteiger charge is -2.30. The summed E-state index contributed by atoms with van der Waals surface area (Å²) in [5, 5.41) is 5.49. The number of anilines is 1. The fourth-order valence-electron chi connectivity index (χ4n) is 2.78. The highest BCUT2D eigenvalue weighted by atomic mass is 16.2. The molecule has 0 aliphatic carbocycles. The smallest absolute Gasteiger partial charge is 0.318 e. The quantitative estimate of drug-likeness (QED) is 0.848. The first-order valence-electron chi connectivity index (χ1n) is 7.13. The molecular formula is C17H17N3O2. The maximum atomic E-state index is 12.3. The van der Waals surface area contributed by atoms with Gasteiger partial charge in [0.2, 0.25) is 5.91 Å². The molecule has 0 bridgehead atoms. The molecule has 5 heteroatoms. The zero-order chi connectivity index (χ0) is 15.5. The van der Waals surface area contributed by atoms with Gasteiger partial charge in [-0.25, -0.2) is 4.79 Å². The highest BCUT2D eigenvalue weighted by Crippen LogP contribution is 2.35. The number of hydrogen-bond acceptors (Lipinski definition) is 2. The van der Waals surface area contributed by atoms with Gasteiger partial charge in [-0.05, 0) is 11.6 Å². The fraction of sp³-hybridized carbons (Fsp3) is 0.176. The van der Waals surface area contributed by atoms with E-state index in [9.17, 15) is 9.59 Å². The minimum Gasteiger partial charge on any atom is -0.341 e. The maximum absolute atomic E-state index is 12.3. The number of benzene rings is 2. The van der Waals surface area contributed by atoms with Crippen LogP contribution in [-0.2, 0) is 4.79 Å². The minimum absolute atomic E-state index is 0.00785. The maximum Gasteiger partial charge on any atom is 0.318 e. The van der Waals surface area contributed by atoms with Crippen LogP contribution in [0.15, 0.2) is 54.6 Å². The van der Waals surface area contributed by atoms with Gasteiger partial charge in [0.25, 0.3) is 0 Å². The number of para-hydroxylation sites is 1. The second kappa shape index (κ2) is 5.89. The Morgan fingerprint density at radius 3 is 2.55 bits per heavy atom. The molecule has 0 saturated carbocycles. The molecule has 1 unspecified atom stereocenters. The van der Waals surface area contributed by atoms with E-state index >= 15 is 0 Å². The molecule has 1 aliphatic rings. The van der Waals surface area contributed by atoms with Gasteiger partial charge in [0.05, 0.1) is 6.04 Å². The Hall–Kier alpha value is -2.82. The Bertz CT molecular complexity index is 700. The van der Waals surface area contributed by atoms with E-state index in [0.29, 0.717) is 0 Å². The molecule has 112 valence electrons. The van der Waals surface area contributed by atoms with E-state index in [4.69, 9.17) is 0 Å². The molecule has 0 aromatic heterocycles. The molecule has 0 fully saturated rings. The number of urea groups is 1. The monoisotopic (exact) mass is 295 g/mol. The van der Waals surface area contributed by atoms with Gasteiger partial charge in [-0.3, -0.25) is 4.79 Å². The summed E-state index contributed by atoms with van der Waals surface area (Å²) in [7, 11) is 1.57. The number of carbonyl (C=O) groups excluding carboxylic acids is 2. The molecule has 22 heavy (non-hydrogen) atoms. The molecule has 5 nitrogen and oxygen atoms in total. The zero-order valence-electron chi connectivity index (χ0n) is 12.2. The lowest BCUT2D eigenvalue weighted by molar-refractivity contribution is -0.116. The molecule has 0 spiro atoms. The van der Waals surface area contributed by atoms with E-state index in [1.54, 1.807) is 11.9 Å². The SMILES string of the molecule is CNC(=O)N1CC(=O)Nc2ccccc2C1c1ccccc1. The van der Waals surface area contributed by atoms with E-state index in [0.717, 1.165) is 16.8 Å². The average Bonchev–Trinajstić information content (AvgIpc) is 2.70. The number of carbonyl (C=O) groups is 2. The van der Waals surface area contributed by atoms with Crippen molar-refractivity contribution in [1.29, 1.82) is 0 Å². The Morgan fingerprint density at radius 2 is 1.82 bits per heavy atom. The highest BCUT2D eigenvalue weighted by molar-refractivity contribution is 5.96. The van der Waals surface area contributed by atoms with E-state index < -0.39 is 0 Å². The van der Waals surface area contributed by atoms with Gasteiger partial charge < -0.3 is 15.5 Å². The van der Waals surface area contributed by atoms with Crippen LogP contribution in [0.1, 0.15) is 17.2 Å². The molecule has 1 atom stereocenters. The first-order valence-corrected chi connectivity index (χ1v) is 7.13. The molecule has 2 aromatic rings. The van der Waals surface area contributed by atoms with Crippen LogP contribution in [0, 0.1) is 0 Å². The van der Waals surface area contributed by atoms with Crippen LogP contribution in [0.5, 0.6) is 0 Å². The predicted molar refractivity (Wildman–Crippen MR) is 84.5 cm³/mol. The van der Waals surface area contributed by atoms with Crippen molar-refractivity contribution in [3.63, 3.8) is 0 Å². The standard InChI is InChI=1S/C17H17N3O2/c1-18-17(22)20-11-15(21)19-14-10-6-5-9-13(14)16(20)12-7-3-2-4-8-12/h2-10,16H,11H2,1H3,(H,18,22)(H,19,21). The van der Waals surface area contributed by atoms with Crippen LogP contribution in [0.25, 0.3) is 0 Å². The van der Waals surface area contributed by atoms with Crippen LogP contribution < -0.4 is 10.6 Å². The minimum atomic E-state index is -0.309. The first kappa shape index (κ1) is 14.1. The van der Waals surface area contributed by atoms with Gasteiger partial charge in [0.1, 0.15) is 6.54 Å². The van der Waals surface area contributed by atoms with Gasteiger partial charge >= 0.3 is 6.03 Å². The van der Waals surface area contributed by atoms with Crippen molar-refractivity contribution in [2.75, 3.05) is 18.9 Å². The van der Waals surface area contributed by atoms with Crippen molar-refractivity contribution < 1.29 is 9.59 Å². The summed E-state index contributed by atoms with van der Waals surface area (Å²) in [4.78, 5) is 26.0. The van der Waals surface area contributed by atoms with Gasteiger partial charge in [-0.1, -0.05) is 48.5 Å². The van der Waals surface area contributed by atoms with Gasteiger partial charge in [0.15, 0.2) is 0 Å². The van der Waals surface area contributed by atoms with Crippen LogP contribution in [0.3, 0.4) is 0 Å². The summed E-state index contributed by atoms with van der Waals surface area (Å²) >= 11 is 0. The molecular weight excluding hydrogens is 278 g/mol. The lowest BCUT2D eigenvalue weighted by atomic mass is 9.96. The van der Waals surface area contributed by atoms with Crippen molar-refractivity contribution in [2.45, 2.75) is 6.04 Å². The number of nitrogens with zero attached hydrogens (tertiary/aromatic N) is 1. The van der Waals surface area contributed by atoms with Gasteiger partial charge in [-0.15, -0.1) is 0 Å². The Labute approximate surface area is 128 Å². The molecule has 3 amide bonds. The normalized spacial score (nSPS) is 17.2. The van der Waals surface area contributed by atoms with Gasteiger partial charge in [0, 0.05) is 18.3 Å². The summed E-state index contributed by atoms with van der Waals surface area (Å²) in [6, 6.07) is 16.7. The summed E-state index contributed by atoms with van der Waals surface area (Å²) in [6.07, 6.45) is 0. The zero-order valence-corrected chi connectivity index (χ0v) is 12.2. The largest absolute Gasteiger partial charge is 0.341 e. The Morgan fingerprint density at radius 1 is 1.14 bits per heavy atom. The van der Waals surface area contributed by atoms with Crippen LogP contribution in [-0.4, -0.2) is 30.4 Å². The van der Waals surface area contributed by atoms with Crippen molar-refractivity contribution >= 4 is 17.6 Å². The second-order valence-corrected chi connectivity index (χ2v) is 5.13. The van der Waals surface area contributed by atoms with Crippen molar-refractivity contribution in [3.8, 4) is 0 Å². The van der Waals surface area contributed by atoms with Crippen molar-refractivity contribution in [2.24, 2.45) is 0 Å². The third kappa shape index (κ3) is 2.53. The van der Waals surface area contributed by atoms with E-state index in [1.807, 2.05) is 54.6 Å². The Balaban J connectivity index is 2.18. The van der Waals surface area contributed by atoms with Gasteiger partial charge in [-0.2, -0.15) is 0 Å². The number of hydrogen-bond donors (Lipinski definition) is 2. The summed E-state index contributed by atoms with van der Waals surface area (Å²) in [5.41, 5.74) is 2.62. The third-order valence-electron chi connectivity index (χ3n) is 3.75. The van der Waals surface area contributed by atoms with Crippen LogP contribution in [0.2, 0.25) is 0 Å². The molecule has 0 saturated heterocycles. The number of amides is 3. The van der Waals surface area contributed by atoms with Crippen molar-refractivity contribution in [1.82, 2.24) is 10.2 Å². The van der Waals surface area contributed by atoms with Crippen LogP contribution in [0.4, 0.5) is 10.5 Å². The molecule has 1 heterocycles. The summed E-state index contributed by atoms with van der Waals surface area (Å²) in [5.74, 6) is -0.200. The first-order chi connectivity index (χ1) is 10.7. The number of fused-ring (bicyclic) bond motifs is 1. The summed E-state index contributed by atoms with van der Waals surface area (Å²) in [6.45, 7) is 0.00785. The lowest BCUT2D eigenvalue weighted by Crippen LogP contribution is -2.43. The number of rotatable bonds is 1. The van der Waals surface area contributed by atoms with E-state index in [1.165, 1.54) is 0 Å². The van der Waals surface area contributed by atoms with E-state index in [2.05, 4.69) is 10.6 Å². The second-order valence-electron chi connectivity index (χ2n) is 5.13. The van der Waals surface area contributed by atoms with Crippen molar-refractivity contribution in [3.05, 3.63) is 65.7 Å². The topological polar surface area (TPSA) is 61.4 Å². The summed E-state index contributed by atoms with van der Waals surface area (Å²) < 4.78 is 0. The van der Waals surface area contributed by atoms with E-state index in [-0.39, 0.29) is 24.5 Å². The van der Waals surface area contributed by atoms with Crippen LogP contribution >= 0.6 is 0 Å².